The van der Waals surface area contributed by atoms with Gasteiger partial charge in [0.05, 0.1) is 32.8 Å². The molecule has 0 aliphatic carbocycles. The largest absolute Gasteiger partial charge is 0.462 e. The molecule has 0 aliphatic rings. The van der Waals surface area contributed by atoms with Crippen molar-refractivity contribution in [3.05, 3.63) is 44.2 Å². The van der Waals surface area contributed by atoms with Gasteiger partial charge in [0, 0.05) is 0 Å². The number of carbonyl (C=O) groups is 3. The second-order valence-electron chi connectivity index (χ2n) is 5.22. The van der Waals surface area contributed by atoms with Crippen LogP contribution in [0.15, 0.2) is 18.2 Å². The van der Waals surface area contributed by atoms with Gasteiger partial charge in [0.2, 0.25) is 5.91 Å². The molecule has 0 fully saturated rings. The molecule has 0 unspecified atom stereocenters. The number of thiophene rings is 1. The van der Waals surface area contributed by atoms with Gasteiger partial charge in [-0.05, 0) is 31.5 Å². The third-order valence-corrected chi connectivity index (χ3v) is 5.67. The highest BCUT2D eigenvalue weighted by Gasteiger charge is 2.27. The molecular weight excluding hydrogens is 435 g/mol. The van der Waals surface area contributed by atoms with Crippen LogP contribution in [0.1, 0.15) is 32.5 Å². The first-order chi connectivity index (χ1) is 12.8. The minimum atomic E-state index is -0.643. The Balaban J connectivity index is 2.42. The number of benzene rings is 1. The van der Waals surface area contributed by atoms with E-state index in [0.717, 1.165) is 11.3 Å². The number of anilines is 2. The minimum Gasteiger partial charge on any atom is -0.462 e. The zero-order valence-corrected chi connectivity index (χ0v) is 17.4. The average Bonchev–Trinajstić information content (AvgIpc) is 2.95. The fourth-order valence-corrected chi connectivity index (χ4v) is 3.73. The number of rotatable bonds is 6. The molecule has 0 bridgehead atoms. The van der Waals surface area contributed by atoms with E-state index in [2.05, 4.69) is 10.6 Å². The highest BCUT2D eigenvalue weighted by Crippen LogP contribution is 2.35. The fraction of sp³-hybridized carbons (Fsp3) is 0.235. The summed E-state index contributed by atoms with van der Waals surface area (Å²) < 4.78 is 5.02. The summed E-state index contributed by atoms with van der Waals surface area (Å²) in [4.78, 5) is 36.9. The van der Waals surface area contributed by atoms with Gasteiger partial charge < -0.3 is 15.4 Å². The Bertz CT molecular complexity index is 899. The number of carbonyl (C=O) groups excluding carboxylic acids is 3. The van der Waals surface area contributed by atoms with Crippen molar-refractivity contribution in [1.82, 2.24) is 0 Å². The normalized spacial score (nSPS) is 10.4. The van der Waals surface area contributed by atoms with Crippen LogP contribution in [-0.2, 0) is 9.53 Å². The lowest BCUT2D eigenvalue weighted by molar-refractivity contribution is -0.113. The molecular formula is C17H15Cl3N2O4S. The van der Waals surface area contributed by atoms with E-state index < -0.39 is 17.8 Å². The van der Waals surface area contributed by atoms with Gasteiger partial charge >= 0.3 is 5.97 Å². The van der Waals surface area contributed by atoms with Crippen LogP contribution in [0.3, 0.4) is 0 Å². The number of hydrogen-bond donors (Lipinski definition) is 2. The molecule has 0 saturated carbocycles. The number of nitrogens with one attached hydrogen (secondary N) is 2. The Morgan fingerprint density at radius 2 is 1.89 bits per heavy atom. The number of halogens is 3. The molecule has 0 saturated heterocycles. The van der Waals surface area contributed by atoms with E-state index in [1.54, 1.807) is 32.0 Å². The molecule has 10 heteroatoms. The number of alkyl halides is 1. The predicted octanol–water partition coefficient (Wildman–Crippen LogP) is 4.97. The maximum absolute atomic E-state index is 12.7. The van der Waals surface area contributed by atoms with Crippen LogP contribution in [0.25, 0.3) is 0 Å². The van der Waals surface area contributed by atoms with E-state index in [1.165, 1.54) is 0 Å². The van der Waals surface area contributed by atoms with Gasteiger partial charge in [0.1, 0.15) is 10.9 Å². The van der Waals surface area contributed by atoms with E-state index in [1.807, 2.05) is 0 Å². The molecule has 1 heterocycles. The maximum atomic E-state index is 12.7. The van der Waals surface area contributed by atoms with E-state index in [0.29, 0.717) is 16.3 Å². The molecule has 0 spiro atoms. The molecule has 2 amide bonds. The SMILES string of the molecule is CCOC(=O)c1c(NC(=O)CCl)sc(C(=O)Nc2cccc(Cl)c2Cl)c1C. The summed E-state index contributed by atoms with van der Waals surface area (Å²) in [5.74, 6) is -1.94. The lowest BCUT2D eigenvalue weighted by atomic mass is 10.1. The highest BCUT2D eigenvalue weighted by molar-refractivity contribution is 7.19. The molecule has 2 rings (SSSR count). The highest BCUT2D eigenvalue weighted by atomic mass is 35.5. The molecule has 2 aromatic rings. The third kappa shape index (κ3) is 4.93. The van der Waals surface area contributed by atoms with Crippen LogP contribution >= 0.6 is 46.1 Å². The van der Waals surface area contributed by atoms with Crippen molar-refractivity contribution in [2.45, 2.75) is 13.8 Å². The quantitative estimate of drug-likeness (QED) is 0.482. The smallest absolute Gasteiger partial charge is 0.341 e. The summed E-state index contributed by atoms with van der Waals surface area (Å²) in [6, 6.07) is 4.83. The zero-order chi connectivity index (χ0) is 20.1. The maximum Gasteiger partial charge on any atom is 0.341 e. The minimum absolute atomic E-state index is 0.114. The standard InChI is InChI=1S/C17H15Cl3N2O4S/c1-3-26-17(25)12-8(2)14(27-16(12)22-11(23)7-18)15(24)21-10-6-4-5-9(19)13(10)20/h4-6H,3,7H2,1-2H3,(H,21,24)(H,22,23). The lowest BCUT2D eigenvalue weighted by Gasteiger charge is -2.08. The van der Waals surface area contributed by atoms with Crippen molar-refractivity contribution in [3.8, 4) is 0 Å². The van der Waals surface area contributed by atoms with Gasteiger partial charge in [-0.3, -0.25) is 9.59 Å². The van der Waals surface area contributed by atoms with Crippen molar-refractivity contribution in [2.24, 2.45) is 0 Å². The van der Waals surface area contributed by atoms with Crippen LogP contribution in [-0.4, -0.2) is 30.3 Å². The molecule has 27 heavy (non-hydrogen) atoms. The molecule has 2 N–H and O–H groups in total. The zero-order valence-electron chi connectivity index (χ0n) is 14.3. The third-order valence-electron chi connectivity index (χ3n) is 3.41. The van der Waals surface area contributed by atoms with Crippen LogP contribution in [0.2, 0.25) is 10.0 Å². The second-order valence-corrected chi connectivity index (χ2v) is 7.29. The molecule has 0 atom stereocenters. The van der Waals surface area contributed by atoms with Gasteiger partial charge in [0.25, 0.3) is 5.91 Å². The van der Waals surface area contributed by atoms with E-state index in [-0.39, 0.29) is 33.0 Å². The van der Waals surface area contributed by atoms with Crippen molar-refractivity contribution in [2.75, 3.05) is 23.1 Å². The molecule has 1 aromatic carbocycles. The van der Waals surface area contributed by atoms with Crippen molar-refractivity contribution < 1.29 is 19.1 Å². The Hall–Kier alpha value is -1.80. The van der Waals surface area contributed by atoms with E-state index >= 15 is 0 Å². The monoisotopic (exact) mass is 448 g/mol. The van der Waals surface area contributed by atoms with Crippen LogP contribution in [0, 0.1) is 6.92 Å². The Kier molecular flexibility index (Phi) is 7.49. The summed E-state index contributed by atoms with van der Waals surface area (Å²) >= 11 is 18.5. The number of amides is 2. The van der Waals surface area contributed by atoms with Gasteiger partial charge in [-0.15, -0.1) is 22.9 Å². The molecule has 0 radical (unpaired) electrons. The first-order valence-corrected chi connectivity index (χ1v) is 9.82. The van der Waals surface area contributed by atoms with Gasteiger partial charge in [0.15, 0.2) is 0 Å². The first kappa shape index (κ1) is 21.5. The van der Waals surface area contributed by atoms with Crippen LogP contribution in [0.5, 0.6) is 0 Å². The number of esters is 1. The fourth-order valence-electron chi connectivity index (χ4n) is 2.21. The summed E-state index contributed by atoms with van der Waals surface area (Å²) in [6.45, 7) is 3.40. The summed E-state index contributed by atoms with van der Waals surface area (Å²) in [5.41, 5.74) is 0.813. The van der Waals surface area contributed by atoms with Crippen molar-refractivity contribution in [3.63, 3.8) is 0 Å². The topological polar surface area (TPSA) is 84.5 Å². The number of hydrogen-bond acceptors (Lipinski definition) is 5. The summed E-state index contributed by atoms with van der Waals surface area (Å²) in [7, 11) is 0. The average molecular weight is 450 g/mol. The Morgan fingerprint density at radius 3 is 2.52 bits per heavy atom. The Morgan fingerprint density at radius 1 is 1.19 bits per heavy atom. The van der Waals surface area contributed by atoms with Crippen LogP contribution < -0.4 is 10.6 Å². The Labute approximate surface area is 174 Å². The van der Waals surface area contributed by atoms with E-state index in [9.17, 15) is 14.4 Å². The second kappa shape index (κ2) is 9.41. The number of ether oxygens (including phenoxy) is 1. The van der Waals surface area contributed by atoms with Gasteiger partial charge in [-0.1, -0.05) is 29.3 Å². The molecule has 1 aromatic heterocycles. The van der Waals surface area contributed by atoms with Crippen molar-refractivity contribution >= 4 is 74.6 Å². The van der Waals surface area contributed by atoms with E-state index in [4.69, 9.17) is 39.5 Å². The summed E-state index contributed by atoms with van der Waals surface area (Å²) in [6.07, 6.45) is 0. The van der Waals surface area contributed by atoms with Gasteiger partial charge in [-0.25, -0.2) is 4.79 Å². The van der Waals surface area contributed by atoms with Crippen molar-refractivity contribution in [1.29, 1.82) is 0 Å². The van der Waals surface area contributed by atoms with Crippen LogP contribution in [0.4, 0.5) is 10.7 Å². The summed E-state index contributed by atoms with van der Waals surface area (Å²) in [5, 5.41) is 5.85. The molecule has 0 aliphatic heterocycles. The van der Waals surface area contributed by atoms with Gasteiger partial charge in [-0.2, -0.15) is 0 Å². The lowest BCUT2D eigenvalue weighted by Crippen LogP contribution is -2.15. The first-order valence-electron chi connectivity index (χ1n) is 7.71. The molecule has 144 valence electrons. The molecule has 6 nitrogen and oxygen atoms in total. The predicted molar refractivity (Wildman–Crippen MR) is 109 cm³/mol.